The molecule has 1 aliphatic heterocycles. The van der Waals surface area contributed by atoms with Gasteiger partial charge in [-0.25, -0.2) is 9.13 Å². The monoisotopic (exact) mass is 545 g/mol. The van der Waals surface area contributed by atoms with Crippen molar-refractivity contribution in [2.75, 3.05) is 19.8 Å². The van der Waals surface area contributed by atoms with Crippen LogP contribution >= 0.6 is 7.82 Å². The molecule has 0 aromatic carbocycles. The van der Waals surface area contributed by atoms with Crippen LogP contribution in [0.5, 0.6) is 0 Å². The Hall–Kier alpha value is -0.860. The van der Waals surface area contributed by atoms with Crippen molar-refractivity contribution in [3.05, 3.63) is 30.6 Å². The number of hydrogen-bond acceptors (Lipinski definition) is 6. The third-order valence-corrected chi connectivity index (χ3v) is 7.64. The van der Waals surface area contributed by atoms with Gasteiger partial charge in [0.2, 0.25) is 0 Å². The molecule has 2 N–H and O–H groups in total. The van der Waals surface area contributed by atoms with E-state index in [1.54, 1.807) is 0 Å². The van der Waals surface area contributed by atoms with Gasteiger partial charge in [0.25, 0.3) is 0 Å². The summed E-state index contributed by atoms with van der Waals surface area (Å²) in [5.41, 5.74) is 0. The molecule has 2 rings (SSSR count). The number of rotatable bonds is 23. The van der Waals surface area contributed by atoms with Crippen molar-refractivity contribution >= 4 is 7.82 Å². The maximum atomic E-state index is 12.1. The van der Waals surface area contributed by atoms with Gasteiger partial charge in [0.05, 0.1) is 13.2 Å². The summed E-state index contributed by atoms with van der Waals surface area (Å²) in [7, 11) is -4.10. The molecule has 9 heteroatoms. The number of ether oxygens (including phenoxy) is 2. The molecule has 37 heavy (non-hydrogen) atoms. The molecule has 0 aliphatic carbocycles. The standard InChI is InChI=1S/C28H50NO6P.H2O/c1-2-3-4-5-6-7-8-9-10-11-12-13-14-15-17-20-28-32-25-27(35-28)26-34-36(30,31)33-24-23-29-21-18-16-19-22-29;/h16,18-19,21-22,27-28H,2-15,17,20,23-26H2,1H3;1H2/t27-,28+;/m0./s1. The molecule has 1 saturated heterocycles. The second kappa shape index (κ2) is 22.0. The molecule has 0 radical (unpaired) electrons. The fourth-order valence-corrected chi connectivity index (χ4v) is 5.23. The number of phosphoric acid groups is 1. The lowest BCUT2D eigenvalue weighted by molar-refractivity contribution is -0.697. The van der Waals surface area contributed by atoms with Gasteiger partial charge in [-0.05, 0) is 12.8 Å². The summed E-state index contributed by atoms with van der Waals surface area (Å²) in [6.45, 7) is 3.20. The van der Waals surface area contributed by atoms with E-state index in [0.717, 1.165) is 12.8 Å². The highest BCUT2D eigenvalue weighted by Gasteiger charge is 2.30. The number of nitrogens with zero attached hydrogens (tertiary/aromatic N) is 1. The first-order valence-electron chi connectivity index (χ1n) is 14.4. The zero-order valence-electron chi connectivity index (χ0n) is 23.0. The first-order chi connectivity index (χ1) is 17.6. The Labute approximate surface area is 225 Å². The molecule has 1 aromatic heterocycles. The van der Waals surface area contributed by atoms with Crippen molar-refractivity contribution in [2.45, 2.75) is 129 Å². The number of phosphoric ester groups is 1. The van der Waals surface area contributed by atoms with Crippen LogP contribution < -0.4 is 4.57 Å². The van der Waals surface area contributed by atoms with E-state index in [9.17, 15) is 9.46 Å². The molecule has 0 amide bonds. The first-order valence-corrected chi connectivity index (χ1v) is 15.9. The largest absolute Gasteiger partial charge is 0.870 e. The highest BCUT2D eigenvalue weighted by Crippen LogP contribution is 2.43. The third-order valence-electron chi connectivity index (χ3n) is 6.66. The van der Waals surface area contributed by atoms with Gasteiger partial charge in [-0.3, -0.25) is 9.05 Å². The van der Waals surface area contributed by atoms with E-state index in [0.29, 0.717) is 13.2 Å². The Balaban J connectivity index is 0.00000684. The van der Waals surface area contributed by atoms with E-state index >= 15 is 0 Å². The second-order valence-electron chi connectivity index (χ2n) is 9.97. The summed E-state index contributed by atoms with van der Waals surface area (Å²) in [5.74, 6) is 0. The molecular weight excluding hydrogens is 493 g/mol. The normalized spacial score (nSPS) is 19.0. The van der Waals surface area contributed by atoms with Crippen molar-refractivity contribution < 1.29 is 38.0 Å². The molecule has 3 atom stereocenters. The van der Waals surface area contributed by atoms with Crippen molar-refractivity contribution in [3.63, 3.8) is 0 Å². The topological polar surface area (TPSA) is 108 Å². The quantitative estimate of drug-likeness (QED) is 0.0902. The molecule has 0 spiro atoms. The molecule has 0 saturated carbocycles. The van der Waals surface area contributed by atoms with Gasteiger partial charge in [0.15, 0.2) is 25.2 Å². The molecule has 1 aliphatic rings. The van der Waals surface area contributed by atoms with Crippen molar-refractivity contribution in [3.8, 4) is 0 Å². The van der Waals surface area contributed by atoms with Crippen molar-refractivity contribution in [1.29, 1.82) is 0 Å². The highest BCUT2D eigenvalue weighted by atomic mass is 31.2. The zero-order valence-corrected chi connectivity index (χ0v) is 23.9. The summed E-state index contributed by atoms with van der Waals surface area (Å²) in [6, 6.07) is 5.69. The SMILES string of the molecule is CCCCCCCCCCCCCCCCC[C@@H]1OC[C@@H](COP(=O)(O)OCC[n+]2ccccc2)O1.[OH-]. The minimum Gasteiger partial charge on any atom is -0.870 e. The summed E-state index contributed by atoms with van der Waals surface area (Å²) in [6.07, 6.45) is 24.2. The van der Waals surface area contributed by atoms with Gasteiger partial charge < -0.3 is 19.8 Å². The van der Waals surface area contributed by atoms with E-state index in [1.807, 2.05) is 35.2 Å². The predicted molar refractivity (Wildman–Crippen MR) is 144 cm³/mol. The Morgan fingerprint density at radius 3 is 1.95 bits per heavy atom. The maximum absolute atomic E-state index is 12.1. The van der Waals surface area contributed by atoms with E-state index in [4.69, 9.17) is 18.5 Å². The Morgan fingerprint density at radius 2 is 1.38 bits per heavy atom. The molecule has 8 nitrogen and oxygen atoms in total. The number of hydrogen-bond donors (Lipinski definition) is 1. The second-order valence-corrected chi connectivity index (χ2v) is 11.4. The van der Waals surface area contributed by atoms with E-state index in [2.05, 4.69) is 6.92 Å². The van der Waals surface area contributed by atoms with Gasteiger partial charge in [-0.2, -0.15) is 0 Å². The fourth-order valence-electron chi connectivity index (χ4n) is 4.49. The lowest BCUT2D eigenvalue weighted by atomic mass is 10.0. The van der Waals surface area contributed by atoms with Gasteiger partial charge in [-0.15, -0.1) is 0 Å². The summed E-state index contributed by atoms with van der Waals surface area (Å²) in [5, 5.41) is 0. The van der Waals surface area contributed by atoms with Crippen LogP contribution in [0.4, 0.5) is 0 Å². The minimum atomic E-state index is -4.10. The average Bonchev–Trinajstić information content (AvgIpc) is 3.34. The first kappa shape index (κ1) is 34.2. The Morgan fingerprint density at radius 1 is 0.838 bits per heavy atom. The van der Waals surface area contributed by atoms with E-state index in [1.165, 1.54) is 89.9 Å². The van der Waals surface area contributed by atoms with Gasteiger partial charge >= 0.3 is 7.82 Å². The van der Waals surface area contributed by atoms with E-state index in [-0.39, 0.29) is 31.1 Å². The summed E-state index contributed by atoms with van der Waals surface area (Å²) in [4.78, 5) is 9.88. The van der Waals surface area contributed by atoms with E-state index < -0.39 is 7.82 Å². The van der Waals surface area contributed by atoms with Crippen LogP contribution in [0, 0.1) is 0 Å². The Kier molecular flexibility index (Phi) is 20.3. The van der Waals surface area contributed by atoms with Crippen LogP contribution in [0.2, 0.25) is 0 Å². The molecule has 1 aromatic rings. The van der Waals surface area contributed by atoms with Crippen LogP contribution in [0.15, 0.2) is 30.6 Å². The number of aromatic nitrogens is 1. The molecule has 216 valence electrons. The number of pyridine rings is 1. The summed E-state index contributed by atoms with van der Waals surface area (Å²) >= 11 is 0. The average molecular weight is 546 g/mol. The van der Waals surface area contributed by atoms with Gasteiger partial charge in [0.1, 0.15) is 12.7 Å². The van der Waals surface area contributed by atoms with Crippen molar-refractivity contribution in [1.82, 2.24) is 0 Å². The van der Waals surface area contributed by atoms with Gasteiger partial charge in [0, 0.05) is 12.1 Å². The Bertz CT molecular complexity index is 694. The predicted octanol–water partition coefficient (Wildman–Crippen LogP) is 6.93. The molecule has 1 unspecified atom stereocenters. The molecule has 0 bridgehead atoms. The van der Waals surface area contributed by atoms with Gasteiger partial charge in [-0.1, -0.05) is 103 Å². The molecule has 1 fully saturated rings. The van der Waals surface area contributed by atoms with Crippen LogP contribution in [-0.4, -0.2) is 42.6 Å². The van der Waals surface area contributed by atoms with Crippen LogP contribution in [0.25, 0.3) is 0 Å². The number of unbranched alkanes of at least 4 members (excludes halogenated alkanes) is 14. The molecule has 2 heterocycles. The van der Waals surface area contributed by atoms with Crippen LogP contribution in [0.3, 0.4) is 0 Å². The smallest absolute Gasteiger partial charge is 0.472 e. The zero-order chi connectivity index (χ0) is 25.7. The summed E-state index contributed by atoms with van der Waals surface area (Å²) < 4.78 is 35.6. The third kappa shape index (κ3) is 18.1. The van der Waals surface area contributed by atoms with Crippen LogP contribution in [-0.2, 0) is 29.6 Å². The lowest BCUT2D eigenvalue weighted by Gasteiger charge is -2.14. The highest BCUT2D eigenvalue weighted by molar-refractivity contribution is 7.47. The maximum Gasteiger partial charge on any atom is 0.472 e. The van der Waals surface area contributed by atoms with Crippen molar-refractivity contribution in [2.24, 2.45) is 0 Å². The minimum absolute atomic E-state index is 0. The lowest BCUT2D eigenvalue weighted by Crippen LogP contribution is -2.34. The fraction of sp³-hybridized carbons (Fsp3) is 0.821. The molecular formula is C28H52NO7P. The van der Waals surface area contributed by atoms with Crippen LogP contribution in [0.1, 0.15) is 110 Å².